The number of ether oxygens (including phenoxy) is 1. The van der Waals surface area contributed by atoms with E-state index in [-0.39, 0.29) is 11.1 Å². The summed E-state index contributed by atoms with van der Waals surface area (Å²) in [6.07, 6.45) is 0.989. The second-order valence-electron chi connectivity index (χ2n) is 7.34. The van der Waals surface area contributed by atoms with Gasteiger partial charge in [0.1, 0.15) is 0 Å². The van der Waals surface area contributed by atoms with Gasteiger partial charge < -0.3 is 15.0 Å². The van der Waals surface area contributed by atoms with Crippen molar-refractivity contribution in [2.75, 3.05) is 24.7 Å². The number of hydrogen-bond donors (Lipinski definition) is 1. The first-order valence-electron chi connectivity index (χ1n) is 7.82. The number of nitrogens with zero attached hydrogens (tertiary/aromatic N) is 2. The first kappa shape index (κ1) is 16.7. The van der Waals surface area contributed by atoms with Gasteiger partial charge in [-0.25, -0.2) is 4.98 Å². The highest BCUT2D eigenvalue weighted by molar-refractivity contribution is 7.15. The number of aromatic nitrogens is 1. The minimum atomic E-state index is 0.0237. The highest BCUT2D eigenvalue weighted by Gasteiger charge is 2.33. The lowest BCUT2D eigenvalue weighted by Gasteiger charge is -2.42. The molecule has 0 unspecified atom stereocenters. The predicted molar refractivity (Wildman–Crippen MR) is 90.3 cm³/mol. The molecule has 1 saturated heterocycles. The lowest BCUT2D eigenvalue weighted by molar-refractivity contribution is 0.0643. The molecule has 0 atom stereocenters. The van der Waals surface area contributed by atoms with Crippen LogP contribution in [-0.2, 0) is 17.7 Å². The molecule has 1 aromatic heterocycles. The molecule has 2 heterocycles. The van der Waals surface area contributed by atoms with E-state index in [1.165, 1.54) is 10.6 Å². The maximum atomic E-state index is 5.61. The van der Waals surface area contributed by atoms with Gasteiger partial charge in [-0.05, 0) is 41.0 Å². The highest BCUT2D eigenvalue weighted by atomic mass is 32.1. The van der Waals surface area contributed by atoms with E-state index in [1.54, 1.807) is 0 Å². The van der Waals surface area contributed by atoms with Crippen LogP contribution in [0.1, 0.15) is 52.1 Å². The summed E-state index contributed by atoms with van der Waals surface area (Å²) in [5, 5.41) is 4.72. The molecule has 120 valence electrons. The standard InChI is InChI=1S/C16H29N3OS/c1-7-12-13(10-17-15(2,3)4)21-14(18-12)19-8-9-20-11-16(19,5)6/h17H,7-11H2,1-6H3. The molecule has 0 radical (unpaired) electrons. The molecule has 0 saturated carbocycles. The van der Waals surface area contributed by atoms with Crippen LogP contribution in [0, 0.1) is 0 Å². The van der Waals surface area contributed by atoms with E-state index in [4.69, 9.17) is 9.72 Å². The van der Waals surface area contributed by atoms with Gasteiger partial charge in [0.2, 0.25) is 0 Å². The Morgan fingerprint density at radius 3 is 2.67 bits per heavy atom. The zero-order valence-corrected chi connectivity index (χ0v) is 15.1. The van der Waals surface area contributed by atoms with E-state index >= 15 is 0 Å². The van der Waals surface area contributed by atoms with Gasteiger partial charge in [0.25, 0.3) is 0 Å². The molecule has 0 amide bonds. The maximum Gasteiger partial charge on any atom is 0.186 e. The Hall–Kier alpha value is -0.650. The monoisotopic (exact) mass is 311 g/mol. The maximum absolute atomic E-state index is 5.61. The first-order chi connectivity index (χ1) is 9.73. The fraction of sp³-hybridized carbons (Fsp3) is 0.812. The number of nitrogens with one attached hydrogen (secondary N) is 1. The van der Waals surface area contributed by atoms with Crippen LogP contribution in [0.5, 0.6) is 0 Å². The number of thiazole rings is 1. The Balaban J connectivity index is 2.19. The Kier molecular flexibility index (Phi) is 4.96. The van der Waals surface area contributed by atoms with Crippen LogP contribution in [0.4, 0.5) is 5.13 Å². The summed E-state index contributed by atoms with van der Waals surface area (Å²) in [6.45, 7) is 16.6. The average Bonchev–Trinajstić information content (AvgIpc) is 2.78. The molecular formula is C16H29N3OS. The Bertz CT molecular complexity index is 476. The third-order valence-electron chi connectivity index (χ3n) is 3.76. The Labute approximate surface area is 132 Å². The second-order valence-corrected chi connectivity index (χ2v) is 8.40. The molecule has 4 nitrogen and oxygen atoms in total. The fourth-order valence-electron chi connectivity index (χ4n) is 2.46. The smallest absolute Gasteiger partial charge is 0.186 e. The molecule has 21 heavy (non-hydrogen) atoms. The molecule has 0 aromatic carbocycles. The molecule has 1 fully saturated rings. The van der Waals surface area contributed by atoms with Crippen molar-refractivity contribution in [3.63, 3.8) is 0 Å². The van der Waals surface area contributed by atoms with Crippen molar-refractivity contribution in [1.82, 2.24) is 10.3 Å². The van der Waals surface area contributed by atoms with E-state index in [2.05, 4.69) is 51.8 Å². The largest absolute Gasteiger partial charge is 0.377 e. The number of aryl methyl sites for hydroxylation is 1. The van der Waals surface area contributed by atoms with Gasteiger partial charge in [0.05, 0.1) is 24.4 Å². The van der Waals surface area contributed by atoms with Crippen LogP contribution in [0.2, 0.25) is 0 Å². The van der Waals surface area contributed by atoms with Crippen LogP contribution in [-0.4, -0.2) is 35.8 Å². The van der Waals surface area contributed by atoms with E-state index in [1.807, 2.05) is 11.3 Å². The Morgan fingerprint density at radius 1 is 1.38 bits per heavy atom. The summed E-state index contributed by atoms with van der Waals surface area (Å²) in [7, 11) is 0. The van der Waals surface area contributed by atoms with E-state index in [0.29, 0.717) is 0 Å². The number of anilines is 1. The summed E-state index contributed by atoms with van der Waals surface area (Å²) in [5.41, 5.74) is 1.39. The summed E-state index contributed by atoms with van der Waals surface area (Å²) < 4.78 is 5.61. The topological polar surface area (TPSA) is 37.4 Å². The summed E-state index contributed by atoms with van der Waals surface area (Å²) in [4.78, 5) is 8.67. The van der Waals surface area contributed by atoms with Gasteiger partial charge >= 0.3 is 0 Å². The van der Waals surface area contributed by atoms with E-state index < -0.39 is 0 Å². The van der Waals surface area contributed by atoms with Crippen molar-refractivity contribution in [1.29, 1.82) is 0 Å². The lowest BCUT2D eigenvalue weighted by Crippen LogP contribution is -2.53. The molecular weight excluding hydrogens is 282 g/mol. The predicted octanol–water partition coefficient (Wildman–Crippen LogP) is 3.21. The minimum Gasteiger partial charge on any atom is -0.377 e. The number of morpholine rings is 1. The van der Waals surface area contributed by atoms with Crippen molar-refractivity contribution in [3.05, 3.63) is 10.6 Å². The molecule has 0 aliphatic carbocycles. The average molecular weight is 311 g/mol. The second kappa shape index (κ2) is 6.23. The highest BCUT2D eigenvalue weighted by Crippen LogP contribution is 2.33. The van der Waals surface area contributed by atoms with Crippen LogP contribution >= 0.6 is 11.3 Å². The summed E-state index contributed by atoms with van der Waals surface area (Å²) in [5.74, 6) is 0. The zero-order chi connectivity index (χ0) is 15.7. The van der Waals surface area contributed by atoms with Crippen molar-refractivity contribution >= 4 is 16.5 Å². The molecule has 0 bridgehead atoms. The normalized spacial score (nSPS) is 19.0. The Morgan fingerprint density at radius 2 is 2.10 bits per heavy atom. The van der Waals surface area contributed by atoms with Gasteiger partial charge in [-0.15, -0.1) is 11.3 Å². The zero-order valence-electron chi connectivity index (χ0n) is 14.2. The van der Waals surface area contributed by atoms with Gasteiger partial charge in [-0.2, -0.15) is 0 Å². The van der Waals surface area contributed by atoms with Crippen LogP contribution in [0.25, 0.3) is 0 Å². The van der Waals surface area contributed by atoms with Crippen molar-refractivity contribution < 1.29 is 4.74 Å². The molecule has 1 aliphatic rings. The molecule has 0 spiro atoms. The molecule has 1 N–H and O–H groups in total. The van der Waals surface area contributed by atoms with Crippen LogP contribution in [0.3, 0.4) is 0 Å². The molecule has 1 aromatic rings. The molecule has 1 aliphatic heterocycles. The first-order valence-corrected chi connectivity index (χ1v) is 8.63. The lowest BCUT2D eigenvalue weighted by atomic mass is 10.0. The SMILES string of the molecule is CCc1nc(N2CCOCC2(C)C)sc1CNC(C)(C)C. The van der Waals surface area contributed by atoms with Crippen molar-refractivity contribution in [2.24, 2.45) is 0 Å². The quantitative estimate of drug-likeness (QED) is 0.926. The summed E-state index contributed by atoms with van der Waals surface area (Å²) in [6, 6.07) is 0. The molecule has 5 heteroatoms. The van der Waals surface area contributed by atoms with Gasteiger partial charge in [-0.3, -0.25) is 0 Å². The van der Waals surface area contributed by atoms with Gasteiger partial charge in [0.15, 0.2) is 5.13 Å². The molecule has 2 rings (SSSR count). The fourth-order valence-corrected chi connectivity index (χ4v) is 3.73. The van der Waals surface area contributed by atoms with E-state index in [9.17, 15) is 0 Å². The third-order valence-corrected chi connectivity index (χ3v) is 4.88. The van der Waals surface area contributed by atoms with E-state index in [0.717, 1.165) is 37.9 Å². The van der Waals surface area contributed by atoms with Crippen LogP contribution in [0.15, 0.2) is 0 Å². The van der Waals surface area contributed by atoms with Crippen molar-refractivity contribution in [2.45, 2.75) is 65.6 Å². The van der Waals surface area contributed by atoms with Gasteiger partial charge in [0, 0.05) is 23.5 Å². The summed E-state index contributed by atoms with van der Waals surface area (Å²) >= 11 is 1.83. The third kappa shape index (κ3) is 4.18. The minimum absolute atomic E-state index is 0.0237. The number of rotatable bonds is 4. The van der Waals surface area contributed by atoms with Gasteiger partial charge in [-0.1, -0.05) is 6.92 Å². The van der Waals surface area contributed by atoms with Crippen molar-refractivity contribution in [3.8, 4) is 0 Å². The van der Waals surface area contributed by atoms with Crippen LogP contribution < -0.4 is 10.2 Å². The number of hydrogen-bond acceptors (Lipinski definition) is 5.